The zero-order chi connectivity index (χ0) is 18.0. The molecule has 0 aliphatic carbocycles. The topological polar surface area (TPSA) is 21.7 Å². The Hall–Kier alpha value is -2.94. The molecular weight excluding hydrogens is 322 g/mol. The number of hydrogen-bond donors (Lipinski definition) is 0. The van der Waals surface area contributed by atoms with E-state index in [2.05, 4.69) is 30.0 Å². The zero-order valence-electron chi connectivity index (χ0n) is 15.2. The molecular formula is C23H25NO2. The molecule has 0 atom stereocenters. The van der Waals surface area contributed by atoms with Crippen LogP contribution in [0, 0.1) is 0 Å². The first-order valence-corrected chi connectivity index (χ1v) is 9.05. The fraction of sp³-hybridized carbons (Fsp3) is 0.217. The van der Waals surface area contributed by atoms with Crippen molar-refractivity contribution in [1.82, 2.24) is 0 Å². The highest BCUT2D eigenvalue weighted by Crippen LogP contribution is 2.28. The Bertz CT molecular complexity index is 774. The third-order valence-corrected chi connectivity index (χ3v) is 4.20. The number of rotatable bonds is 9. The lowest BCUT2D eigenvalue weighted by Gasteiger charge is -2.25. The van der Waals surface area contributed by atoms with Crippen molar-refractivity contribution in [3.05, 3.63) is 90.5 Å². The van der Waals surface area contributed by atoms with E-state index in [4.69, 9.17) is 9.47 Å². The predicted molar refractivity (Wildman–Crippen MR) is 107 cm³/mol. The van der Waals surface area contributed by atoms with Crippen molar-refractivity contribution in [1.29, 1.82) is 0 Å². The van der Waals surface area contributed by atoms with E-state index in [0.29, 0.717) is 13.2 Å². The van der Waals surface area contributed by atoms with Gasteiger partial charge in [0.25, 0.3) is 0 Å². The van der Waals surface area contributed by atoms with E-state index in [9.17, 15) is 0 Å². The number of anilines is 1. The number of nitrogens with zero attached hydrogens (tertiary/aromatic N) is 1. The standard InChI is InChI=1S/C23H25NO2/c1-2-24(17-18-25-21-13-7-4-8-14-21)22-15-9-10-16-23(22)26-19-20-11-5-3-6-12-20/h3-16H,2,17-19H2,1H3. The van der Waals surface area contributed by atoms with E-state index in [1.807, 2.05) is 66.7 Å². The van der Waals surface area contributed by atoms with Crippen LogP contribution in [0.25, 0.3) is 0 Å². The van der Waals surface area contributed by atoms with Gasteiger partial charge in [-0.15, -0.1) is 0 Å². The molecule has 134 valence electrons. The predicted octanol–water partition coefficient (Wildman–Crippen LogP) is 5.17. The lowest BCUT2D eigenvalue weighted by molar-refractivity contribution is 0.303. The molecule has 0 aliphatic rings. The molecule has 3 heteroatoms. The van der Waals surface area contributed by atoms with Crippen LogP contribution in [0.4, 0.5) is 5.69 Å². The molecule has 3 aromatic rings. The Morgan fingerprint density at radius 3 is 2.12 bits per heavy atom. The monoisotopic (exact) mass is 347 g/mol. The first-order chi connectivity index (χ1) is 12.9. The first-order valence-electron chi connectivity index (χ1n) is 9.05. The molecule has 0 amide bonds. The second-order valence-electron chi connectivity index (χ2n) is 5.98. The van der Waals surface area contributed by atoms with Crippen molar-refractivity contribution in [2.75, 3.05) is 24.6 Å². The van der Waals surface area contributed by atoms with Crippen LogP contribution >= 0.6 is 0 Å². The number of ether oxygens (including phenoxy) is 2. The van der Waals surface area contributed by atoms with Crippen molar-refractivity contribution < 1.29 is 9.47 Å². The van der Waals surface area contributed by atoms with E-state index >= 15 is 0 Å². The van der Waals surface area contributed by atoms with Gasteiger partial charge in [-0.1, -0.05) is 60.7 Å². The number of benzene rings is 3. The van der Waals surface area contributed by atoms with Crippen molar-refractivity contribution in [3.63, 3.8) is 0 Å². The summed E-state index contributed by atoms with van der Waals surface area (Å²) in [6, 6.07) is 28.3. The van der Waals surface area contributed by atoms with E-state index in [1.165, 1.54) is 0 Å². The second-order valence-corrected chi connectivity index (χ2v) is 5.98. The molecule has 3 aromatic carbocycles. The highest BCUT2D eigenvalue weighted by Gasteiger charge is 2.11. The molecule has 0 saturated heterocycles. The van der Waals surface area contributed by atoms with Gasteiger partial charge in [0, 0.05) is 6.54 Å². The van der Waals surface area contributed by atoms with Gasteiger partial charge in [-0.3, -0.25) is 0 Å². The van der Waals surface area contributed by atoms with Gasteiger partial charge < -0.3 is 14.4 Å². The summed E-state index contributed by atoms with van der Waals surface area (Å²) in [6.07, 6.45) is 0. The summed E-state index contributed by atoms with van der Waals surface area (Å²) in [5.41, 5.74) is 2.26. The lowest BCUT2D eigenvalue weighted by atomic mass is 10.2. The summed E-state index contributed by atoms with van der Waals surface area (Å²) in [6.45, 7) is 5.04. The second kappa shape index (κ2) is 9.52. The zero-order valence-corrected chi connectivity index (χ0v) is 15.2. The molecule has 0 heterocycles. The van der Waals surface area contributed by atoms with Crippen LogP contribution in [0.3, 0.4) is 0 Å². The summed E-state index contributed by atoms with van der Waals surface area (Å²) in [5, 5.41) is 0. The number of hydrogen-bond acceptors (Lipinski definition) is 3. The average molecular weight is 347 g/mol. The summed E-state index contributed by atoms with van der Waals surface area (Å²) >= 11 is 0. The fourth-order valence-electron chi connectivity index (χ4n) is 2.82. The molecule has 0 N–H and O–H groups in total. The molecule has 0 aromatic heterocycles. The molecule has 0 aliphatic heterocycles. The van der Waals surface area contributed by atoms with Crippen molar-refractivity contribution in [2.24, 2.45) is 0 Å². The quantitative estimate of drug-likeness (QED) is 0.533. The molecule has 3 rings (SSSR count). The van der Waals surface area contributed by atoms with Crippen LogP contribution in [-0.2, 0) is 6.61 Å². The molecule has 0 unspecified atom stereocenters. The van der Waals surface area contributed by atoms with E-state index in [1.54, 1.807) is 0 Å². The van der Waals surface area contributed by atoms with Gasteiger partial charge in [-0.05, 0) is 36.8 Å². The SMILES string of the molecule is CCN(CCOc1ccccc1)c1ccccc1OCc1ccccc1. The Morgan fingerprint density at radius 1 is 0.731 bits per heavy atom. The largest absolute Gasteiger partial charge is 0.492 e. The van der Waals surface area contributed by atoms with Gasteiger partial charge >= 0.3 is 0 Å². The summed E-state index contributed by atoms with van der Waals surface area (Å²) in [4.78, 5) is 2.28. The van der Waals surface area contributed by atoms with E-state index < -0.39 is 0 Å². The first kappa shape index (κ1) is 17.9. The normalized spacial score (nSPS) is 10.3. The fourth-order valence-corrected chi connectivity index (χ4v) is 2.82. The summed E-state index contributed by atoms with van der Waals surface area (Å²) in [5.74, 6) is 1.80. The minimum Gasteiger partial charge on any atom is -0.492 e. The smallest absolute Gasteiger partial charge is 0.143 e. The molecule has 3 nitrogen and oxygen atoms in total. The Balaban J connectivity index is 1.62. The van der Waals surface area contributed by atoms with Crippen molar-refractivity contribution >= 4 is 5.69 Å². The molecule has 0 radical (unpaired) electrons. The van der Waals surface area contributed by atoms with Gasteiger partial charge in [0.05, 0.1) is 12.2 Å². The van der Waals surface area contributed by atoms with Gasteiger partial charge in [0.2, 0.25) is 0 Å². The highest BCUT2D eigenvalue weighted by atomic mass is 16.5. The van der Waals surface area contributed by atoms with E-state index in [0.717, 1.165) is 35.8 Å². The summed E-state index contributed by atoms with van der Waals surface area (Å²) < 4.78 is 11.9. The Labute approximate surface area is 155 Å². The maximum atomic E-state index is 6.09. The van der Waals surface area contributed by atoms with Crippen LogP contribution in [0.5, 0.6) is 11.5 Å². The van der Waals surface area contributed by atoms with Crippen LogP contribution < -0.4 is 14.4 Å². The highest BCUT2D eigenvalue weighted by molar-refractivity contribution is 5.58. The third kappa shape index (κ3) is 5.03. The van der Waals surface area contributed by atoms with Crippen molar-refractivity contribution in [3.8, 4) is 11.5 Å². The van der Waals surface area contributed by atoms with Crippen LogP contribution in [0.1, 0.15) is 12.5 Å². The lowest BCUT2D eigenvalue weighted by Crippen LogP contribution is -2.28. The minimum absolute atomic E-state index is 0.565. The maximum absolute atomic E-state index is 6.09. The number of para-hydroxylation sites is 3. The van der Waals surface area contributed by atoms with Gasteiger partial charge in [0.15, 0.2) is 0 Å². The van der Waals surface area contributed by atoms with Crippen molar-refractivity contribution in [2.45, 2.75) is 13.5 Å². The van der Waals surface area contributed by atoms with Gasteiger partial charge in [0.1, 0.15) is 24.7 Å². The Kier molecular flexibility index (Phi) is 6.54. The molecule has 26 heavy (non-hydrogen) atoms. The van der Waals surface area contributed by atoms with E-state index in [-0.39, 0.29) is 0 Å². The van der Waals surface area contributed by atoms with Crippen LogP contribution in [0.15, 0.2) is 84.9 Å². The van der Waals surface area contributed by atoms with Crippen LogP contribution in [-0.4, -0.2) is 19.7 Å². The van der Waals surface area contributed by atoms with Gasteiger partial charge in [-0.2, -0.15) is 0 Å². The Morgan fingerprint density at radius 2 is 1.38 bits per heavy atom. The average Bonchev–Trinajstić information content (AvgIpc) is 2.72. The minimum atomic E-state index is 0.565. The maximum Gasteiger partial charge on any atom is 0.143 e. The molecule has 0 fully saturated rings. The number of likely N-dealkylation sites (N-methyl/N-ethyl adjacent to an activating group) is 1. The van der Waals surface area contributed by atoms with Gasteiger partial charge in [-0.25, -0.2) is 0 Å². The third-order valence-electron chi connectivity index (χ3n) is 4.20. The van der Waals surface area contributed by atoms with Crippen LogP contribution in [0.2, 0.25) is 0 Å². The summed E-state index contributed by atoms with van der Waals surface area (Å²) in [7, 11) is 0. The molecule has 0 saturated carbocycles. The molecule has 0 spiro atoms. The molecule has 0 bridgehead atoms.